The second-order valence-corrected chi connectivity index (χ2v) is 11.7. The first-order chi connectivity index (χ1) is 20.1. The quantitative estimate of drug-likeness (QED) is 0.0807. The molecule has 4 amide bonds. The number of aliphatic hydroxyl groups is 1. The molecule has 0 aromatic heterocycles. The highest BCUT2D eigenvalue weighted by molar-refractivity contribution is 7.46. The van der Waals surface area contributed by atoms with Crippen LogP contribution in [-0.2, 0) is 9.09 Å². The lowest BCUT2D eigenvalue weighted by Crippen LogP contribution is -2.41. The summed E-state index contributed by atoms with van der Waals surface area (Å²) >= 11 is 0. The van der Waals surface area contributed by atoms with Crippen LogP contribution in [0.2, 0.25) is 0 Å². The first kappa shape index (κ1) is 26.6. The minimum Gasteiger partial charge on any atom is -0.396 e. The number of phosphoric ester groups is 1. The predicted octanol–water partition coefficient (Wildman–Crippen LogP) is 3.81. The Kier molecular flexibility index (Phi) is 5.95. The molecule has 212 valence electrons. The molecule has 0 atom stereocenters. The van der Waals surface area contributed by atoms with Gasteiger partial charge < -0.3 is 14.9 Å². The van der Waals surface area contributed by atoms with E-state index in [1.807, 2.05) is 12.1 Å². The zero-order valence-electron chi connectivity index (χ0n) is 22.0. The molecule has 5 aromatic carbocycles. The Labute approximate surface area is 237 Å². The van der Waals surface area contributed by atoms with Gasteiger partial charge in [-0.25, -0.2) is 4.57 Å². The number of benzene rings is 5. The molecule has 0 fully saturated rings. The number of aliphatic hydroxyl groups excluding tert-OH is 1. The minimum absolute atomic E-state index is 0.0478. The van der Waals surface area contributed by atoms with E-state index in [1.54, 1.807) is 36.4 Å². The van der Waals surface area contributed by atoms with E-state index in [0.29, 0.717) is 33.0 Å². The smallest absolute Gasteiger partial charge is 0.396 e. The van der Waals surface area contributed by atoms with Crippen LogP contribution in [-0.4, -0.2) is 74.6 Å². The summed E-state index contributed by atoms with van der Waals surface area (Å²) in [7, 11) is -4.66. The highest BCUT2D eigenvalue weighted by atomic mass is 31.2. The molecule has 7 rings (SSSR count). The number of carbonyl (C=O) groups is 4. The number of fused-ring (bicyclic) bond motifs is 2. The maximum atomic E-state index is 13.5. The molecule has 0 unspecified atom stereocenters. The molecule has 2 aliphatic rings. The van der Waals surface area contributed by atoms with Crippen molar-refractivity contribution in [3.05, 3.63) is 70.8 Å². The number of imide groups is 2. The standard InChI is InChI=1S/C30H23N2O9P/c33-13-1-11-31-27(34)19-7-3-15-17-5-9-21-26-22(30(37)32(29(21)36)12-2-14-41-42(38,39)40)10-6-18(24(17)26)16-4-8-20(28(31)35)25(19)23(15)16/h3-10,33H,1-2,11-14H2,(H2,38,39,40). The van der Waals surface area contributed by atoms with E-state index < -0.39 is 31.5 Å². The third kappa shape index (κ3) is 3.72. The summed E-state index contributed by atoms with van der Waals surface area (Å²) < 4.78 is 15.4. The van der Waals surface area contributed by atoms with Crippen LogP contribution >= 0.6 is 7.82 Å². The Balaban J connectivity index is 1.40. The zero-order chi connectivity index (χ0) is 29.5. The maximum absolute atomic E-state index is 13.5. The van der Waals surface area contributed by atoms with E-state index in [0.717, 1.165) is 37.2 Å². The number of hydrogen-bond donors (Lipinski definition) is 3. The van der Waals surface area contributed by atoms with Crippen LogP contribution < -0.4 is 0 Å². The van der Waals surface area contributed by atoms with Crippen LogP contribution in [0.5, 0.6) is 0 Å². The highest BCUT2D eigenvalue weighted by Crippen LogP contribution is 2.46. The second kappa shape index (κ2) is 9.38. The fourth-order valence-electron chi connectivity index (χ4n) is 6.41. The van der Waals surface area contributed by atoms with E-state index in [2.05, 4.69) is 4.52 Å². The molecule has 3 N–H and O–H groups in total. The SMILES string of the molecule is O=C1c2ccc3c4ccc5c6c(ccc(c7ccc(c2c37)C(=O)N1CCCO)c64)C(=O)N(CCCOP(=O)(O)O)C5=O. The molecule has 5 aromatic rings. The fourth-order valence-corrected chi connectivity index (χ4v) is 6.78. The third-order valence-corrected chi connectivity index (χ3v) is 8.65. The highest BCUT2D eigenvalue weighted by Gasteiger charge is 2.36. The molecule has 0 radical (unpaired) electrons. The molecule has 0 spiro atoms. The van der Waals surface area contributed by atoms with Gasteiger partial charge in [-0.05, 0) is 69.4 Å². The van der Waals surface area contributed by atoms with Gasteiger partial charge in [0.25, 0.3) is 23.6 Å². The van der Waals surface area contributed by atoms with Crippen LogP contribution in [0.3, 0.4) is 0 Å². The monoisotopic (exact) mass is 586 g/mol. The molecule has 0 saturated carbocycles. The van der Waals surface area contributed by atoms with Crippen molar-refractivity contribution in [3.63, 3.8) is 0 Å². The normalized spacial score (nSPS) is 15.4. The average Bonchev–Trinajstić information content (AvgIpc) is 2.96. The van der Waals surface area contributed by atoms with Crippen molar-refractivity contribution in [3.8, 4) is 0 Å². The molecule has 42 heavy (non-hydrogen) atoms. The predicted molar refractivity (Wildman–Crippen MR) is 153 cm³/mol. The van der Waals surface area contributed by atoms with E-state index in [1.165, 1.54) is 4.90 Å². The number of hydrogen-bond acceptors (Lipinski definition) is 7. The summed E-state index contributed by atoms with van der Waals surface area (Å²) in [6, 6.07) is 14.0. The van der Waals surface area contributed by atoms with Gasteiger partial charge in [-0.3, -0.25) is 33.5 Å². The Morgan fingerprint density at radius 1 is 0.571 bits per heavy atom. The van der Waals surface area contributed by atoms with Gasteiger partial charge >= 0.3 is 7.82 Å². The number of phosphoric acid groups is 1. The van der Waals surface area contributed by atoms with Gasteiger partial charge in [0, 0.05) is 52.7 Å². The molecule has 12 heteroatoms. The summed E-state index contributed by atoms with van der Waals surface area (Å²) in [5.41, 5.74) is 1.47. The first-order valence-electron chi connectivity index (χ1n) is 13.4. The maximum Gasteiger partial charge on any atom is 0.469 e. The van der Waals surface area contributed by atoms with E-state index in [9.17, 15) is 28.8 Å². The van der Waals surface area contributed by atoms with Crippen LogP contribution in [0.25, 0.3) is 43.1 Å². The number of carbonyl (C=O) groups excluding carboxylic acids is 4. The molecule has 2 aliphatic heterocycles. The van der Waals surface area contributed by atoms with E-state index >= 15 is 0 Å². The van der Waals surface area contributed by atoms with Gasteiger partial charge in [-0.1, -0.05) is 24.3 Å². The molecule has 0 aliphatic carbocycles. The lowest BCUT2D eigenvalue weighted by molar-refractivity contribution is 0.0585. The molecular weight excluding hydrogens is 563 g/mol. The zero-order valence-corrected chi connectivity index (χ0v) is 22.9. The lowest BCUT2D eigenvalue weighted by Gasteiger charge is -2.30. The van der Waals surface area contributed by atoms with Gasteiger partial charge in [0.2, 0.25) is 0 Å². The Hall–Kier alpha value is -4.25. The van der Waals surface area contributed by atoms with E-state index in [4.69, 9.17) is 9.79 Å². The van der Waals surface area contributed by atoms with Crippen LogP contribution in [0.1, 0.15) is 54.3 Å². The Morgan fingerprint density at radius 2 is 0.929 bits per heavy atom. The number of rotatable bonds is 8. The summed E-state index contributed by atoms with van der Waals surface area (Å²) in [5.74, 6) is -1.85. The Bertz CT molecular complexity index is 1960. The van der Waals surface area contributed by atoms with Crippen LogP contribution in [0, 0.1) is 0 Å². The first-order valence-corrected chi connectivity index (χ1v) is 14.9. The molecule has 0 bridgehead atoms. The summed E-state index contributed by atoms with van der Waals surface area (Å²) in [5, 5.41) is 14.9. The third-order valence-electron chi connectivity index (χ3n) is 8.13. The number of nitrogens with zero attached hydrogens (tertiary/aromatic N) is 2. The number of amides is 4. The van der Waals surface area contributed by atoms with Gasteiger partial charge in [-0.15, -0.1) is 0 Å². The largest absolute Gasteiger partial charge is 0.469 e. The topological polar surface area (TPSA) is 162 Å². The average molecular weight is 586 g/mol. The summed E-state index contributed by atoms with van der Waals surface area (Å²) in [6.07, 6.45) is 0.328. The van der Waals surface area contributed by atoms with Crippen molar-refractivity contribution < 1.29 is 43.2 Å². The van der Waals surface area contributed by atoms with Crippen molar-refractivity contribution in [2.45, 2.75) is 12.8 Å². The van der Waals surface area contributed by atoms with Crippen LogP contribution in [0.4, 0.5) is 0 Å². The molecular formula is C30H23N2O9P. The summed E-state index contributed by atoms with van der Waals surface area (Å²) in [6.45, 7) is -0.429. The van der Waals surface area contributed by atoms with Gasteiger partial charge in [0.15, 0.2) is 0 Å². The minimum atomic E-state index is -4.66. The Morgan fingerprint density at radius 3 is 1.26 bits per heavy atom. The van der Waals surface area contributed by atoms with Gasteiger partial charge in [0.1, 0.15) is 0 Å². The molecule has 0 saturated heterocycles. The van der Waals surface area contributed by atoms with Crippen molar-refractivity contribution in [2.24, 2.45) is 0 Å². The second-order valence-electron chi connectivity index (χ2n) is 10.4. The van der Waals surface area contributed by atoms with Crippen LogP contribution in [0.15, 0.2) is 48.5 Å². The van der Waals surface area contributed by atoms with E-state index in [-0.39, 0.29) is 39.1 Å². The van der Waals surface area contributed by atoms with Gasteiger partial charge in [0.05, 0.1) is 6.61 Å². The van der Waals surface area contributed by atoms with Crippen molar-refractivity contribution in [2.75, 3.05) is 26.3 Å². The van der Waals surface area contributed by atoms with Crippen molar-refractivity contribution in [1.29, 1.82) is 0 Å². The van der Waals surface area contributed by atoms with Crippen molar-refractivity contribution >= 4 is 74.5 Å². The summed E-state index contributed by atoms with van der Waals surface area (Å²) in [4.78, 5) is 73.8. The lowest BCUT2D eigenvalue weighted by atomic mass is 9.82. The molecule has 2 heterocycles. The van der Waals surface area contributed by atoms with Gasteiger partial charge in [-0.2, -0.15) is 0 Å². The van der Waals surface area contributed by atoms with Crippen molar-refractivity contribution in [1.82, 2.24) is 9.80 Å². The fraction of sp³-hybridized carbons (Fsp3) is 0.200. The molecule has 11 nitrogen and oxygen atoms in total.